The van der Waals surface area contributed by atoms with E-state index in [1.807, 2.05) is 27.2 Å². The fourth-order valence-corrected chi connectivity index (χ4v) is 9.61. The van der Waals surface area contributed by atoms with Crippen molar-refractivity contribution in [2.24, 2.45) is 0 Å². The number of quaternary nitrogens is 1. The molecule has 0 saturated heterocycles. The van der Waals surface area contributed by atoms with Gasteiger partial charge in [0.2, 0.25) is 5.91 Å². The normalized spacial score (nSPS) is 14.1. The van der Waals surface area contributed by atoms with Crippen LogP contribution in [0.2, 0.25) is 0 Å². The third-order valence-corrected chi connectivity index (χ3v) is 14.6. The highest BCUT2D eigenvalue weighted by molar-refractivity contribution is 7.47. The van der Waals surface area contributed by atoms with Crippen LogP contribution in [0, 0.1) is 0 Å². The van der Waals surface area contributed by atoms with Gasteiger partial charge in [-0.05, 0) is 57.8 Å². The number of rotatable bonds is 55. The summed E-state index contributed by atoms with van der Waals surface area (Å²) in [6, 6.07) is -0.866. The molecule has 3 N–H and O–H groups in total. The number of likely N-dealkylation sites (N-methyl/N-ethyl adjacent to an activating group) is 1. The van der Waals surface area contributed by atoms with Gasteiger partial charge in [0, 0.05) is 6.42 Å². The third kappa shape index (κ3) is 54.3. The largest absolute Gasteiger partial charge is 0.472 e. The zero-order chi connectivity index (χ0) is 50.6. The van der Waals surface area contributed by atoms with Gasteiger partial charge in [-0.2, -0.15) is 0 Å². The predicted octanol–water partition coefficient (Wildman–Crippen LogP) is 18.2. The van der Waals surface area contributed by atoms with Crippen LogP contribution < -0.4 is 5.32 Å². The first-order valence-electron chi connectivity index (χ1n) is 29.9. The quantitative estimate of drug-likeness (QED) is 0.0243. The van der Waals surface area contributed by atoms with E-state index in [4.69, 9.17) is 9.05 Å². The van der Waals surface area contributed by atoms with Crippen molar-refractivity contribution in [2.75, 3.05) is 40.9 Å². The van der Waals surface area contributed by atoms with E-state index < -0.39 is 20.0 Å². The van der Waals surface area contributed by atoms with Gasteiger partial charge in [0.15, 0.2) is 0 Å². The van der Waals surface area contributed by atoms with Crippen LogP contribution in [0.1, 0.15) is 290 Å². The summed E-state index contributed by atoms with van der Waals surface area (Å²) in [5.74, 6) is -0.188. The average Bonchev–Trinajstić information content (AvgIpc) is 3.31. The fourth-order valence-electron chi connectivity index (χ4n) is 8.88. The van der Waals surface area contributed by atoms with E-state index in [1.54, 1.807) is 6.08 Å². The number of nitrogens with zero attached hydrogens (tertiary/aromatic N) is 1. The van der Waals surface area contributed by atoms with Crippen molar-refractivity contribution in [3.8, 4) is 0 Å². The molecule has 1 amide bonds. The Kier molecular flexibility index (Phi) is 50.7. The van der Waals surface area contributed by atoms with Crippen LogP contribution >= 0.6 is 7.82 Å². The number of hydrogen-bond acceptors (Lipinski definition) is 5. The second-order valence-electron chi connectivity index (χ2n) is 21.7. The second kappa shape index (κ2) is 51.6. The Bertz CT molecular complexity index is 1220. The van der Waals surface area contributed by atoms with Gasteiger partial charge >= 0.3 is 7.82 Å². The molecule has 0 rings (SSSR count). The molecule has 0 radical (unpaired) electrons. The molecule has 0 heterocycles. The van der Waals surface area contributed by atoms with E-state index >= 15 is 0 Å². The number of allylic oxidation sites excluding steroid dienone is 5. The lowest BCUT2D eigenvalue weighted by Gasteiger charge is -2.25. The van der Waals surface area contributed by atoms with E-state index in [0.717, 1.165) is 38.5 Å². The molecular formula is C60H118N2O6P+. The maximum Gasteiger partial charge on any atom is 0.472 e. The molecule has 3 atom stereocenters. The highest BCUT2D eigenvalue weighted by Gasteiger charge is 2.27. The first-order valence-corrected chi connectivity index (χ1v) is 31.4. The van der Waals surface area contributed by atoms with Crippen molar-refractivity contribution in [1.82, 2.24) is 5.32 Å². The molecule has 408 valence electrons. The molecule has 0 bridgehead atoms. The number of unbranched alkanes of at least 4 members (excludes halogenated alkanes) is 38. The second-order valence-corrected chi connectivity index (χ2v) is 23.2. The topological polar surface area (TPSA) is 105 Å². The Hall–Kier alpha value is -1.28. The standard InChI is InChI=1S/C60H117N2O6P/c1-6-8-10-12-14-16-18-20-22-24-26-28-30-31-32-33-35-37-39-41-43-45-47-49-51-53-59(63)58(57-68-69(65,66)67-56-55-62(3,4)5)61-60(64)54-52-50-48-46-44-42-40-38-36-34-29-27-25-23-21-19-17-15-13-11-9-7-2/h34,36,43,45,51,53,58-59,63H,6-33,35,37-42,44,46-50,52,54-57H2,1-5H3,(H-,61,64,65,66)/p+1/b36-34-,45-43+,53-51+. The minimum Gasteiger partial charge on any atom is -0.387 e. The Labute approximate surface area is 429 Å². The molecule has 0 aliphatic rings. The monoisotopic (exact) mass is 994 g/mol. The number of carbonyl (C=O) groups excluding carboxylic acids is 1. The van der Waals surface area contributed by atoms with Crippen molar-refractivity contribution in [1.29, 1.82) is 0 Å². The summed E-state index contributed by atoms with van der Waals surface area (Å²) < 4.78 is 23.7. The van der Waals surface area contributed by atoms with Crippen molar-refractivity contribution in [2.45, 2.75) is 302 Å². The first-order chi connectivity index (χ1) is 33.5. The molecule has 9 heteroatoms. The molecule has 0 aromatic rings. The molecule has 8 nitrogen and oxygen atoms in total. The zero-order valence-corrected chi connectivity index (χ0v) is 47.5. The van der Waals surface area contributed by atoms with E-state index in [-0.39, 0.29) is 19.1 Å². The predicted molar refractivity (Wildman–Crippen MR) is 300 cm³/mol. The van der Waals surface area contributed by atoms with Gasteiger partial charge in [0.25, 0.3) is 0 Å². The summed E-state index contributed by atoms with van der Waals surface area (Å²) in [5.41, 5.74) is 0. The smallest absolute Gasteiger partial charge is 0.387 e. The molecule has 69 heavy (non-hydrogen) atoms. The van der Waals surface area contributed by atoms with Crippen molar-refractivity contribution < 1.29 is 32.9 Å². The Morgan fingerprint density at radius 1 is 0.478 bits per heavy atom. The molecule has 0 aliphatic heterocycles. The summed E-state index contributed by atoms with van der Waals surface area (Å²) in [5, 5.41) is 13.9. The molecule has 3 unspecified atom stereocenters. The molecule has 0 aromatic heterocycles. The Morgan fingerprint density at radius 2 is 0.797 bits per heavy atom. The highest BCUT2D eigenvalue weighted by Crippen LogP contribution is 2.43. The van der Waals surface area contributed by atoms with Gasteiger partial charge < -0.3 is 19.8 Å². The van der Waals surface area contributed by atoms with E-state index in [9.17, 15) is 19.4 Å². The summed E-state index contributed by atoms with van der Waals surface area (Å²) in [6.45, 7) is 4.83. The number of aliphatic hydroxyl groups excluding tert-OH is 1. The third-order valence-electron chi connectivity index (χ3n) is 13.6. The van der Waals surface area contributed by atoms with E-state index in [2.05, 4.69) is 43.5 Å². The van der Waals surface area contributed by atoms with Crippen LogP contribution in [0.5, 0.6) is 0 Å². The van der Waals surface area contributed by atoms with Gasteiger partial charge in [-0.15, -0.1) is 0 Å². The molecule has 0 aliphatic carbocycles. The summed E-state index contributed by atoms with van der Waals surface area (Å²) in [6.07, 6.45) is 66.9. The van der Waals surface area contributed by atoms with E-state index in [0.29, 0.717) is 17.4 Å². The number of carbonyl (C=O) groups is 1. The Balaban J connectivity index is 4.24. The van der Waals surface area contributed by atoms with Gasteiger partial charge in [0.1, 0.15) is 13.2 Å². The zero-order valence-electron chi connectivity index (χ0n) is 46.6. The fraction of sp³-hybridized carbons (Fsp3) is 0.883. The number of nitrogens with one attached hydrogen (secondary N) is 1. The number of amides is 1. The number of aliphatic hydroxyl groups is 1. The van der Waals surface area contributed by atoms with Crippen LogP contribution in [0.3, 0.4) is 0 Å². The van der Waals surface area contributed by atoms with Gasteiger partial charge in [0.05, 0.1) is 39.9 Å². The van der Waals surface area contributed by atoms with Gasteiger partial charge in [-0.3, -0.25) is 13.8 Å². The average molecular weight is 995 g/mol. The maximum atomic E-state index is 13.0. The number of hydrogen-bond donors (Lipinski definition) is 3. The van der Waals surface area contributed by atoms with Crippen LogP contribution in [-0.2, 0) is 18.4 Å². The first kappa shape index (κ1) is 67.7. The van der Waals surface area contributed by atoms with Gasteiger partial charge in [-0.25, -0.2) is 4.57 Å². The molecular weight excluding hydrogens is 876 g/mol. The Morgan fingerprint density at radius 3 is 1.16 bits per heavy atom. The van der Waals surface area contributed by atoms with Crippen molar-refractivity contribution in [3.05, 3.63) is 36.5 Å². The molecule has 0 saturated carbocycles. The lowest BCUT2D eigenvalue weighted by atomic mass is 10.0. The van der Waals surface area contributed by atoms with Crippen LogP contribution in [-0.4, -0.2) is 73.4 Å². The summed E-state index contributed by atoms with van der Waals surface area (Å²) >= 11 is 0. The van der Waals surface area contributed by atoms with Crippen LogP contribution in [0.25, 0.3) is 0 Å². The molecule has 0 aromatic carbocycles. The summed E-state index contributed by atoms with van der Waals surface area (Å²) in [4.78, 5) is 23.3. The van der Waals surface area contributed by atoms with Crippen molar-refractivity contribution >= 4 is 13.7 Å². The summed E-state index contributed by atoms with van der Waals surface area (Å²) in [7, 11) is 1.56. The van der Waals surface area contributed by atoms with Crippen LogP contribution in [0.4, 0.5) is 0 Å². The minimum absolute atomic E-state index is 0.0560. The van der Waals surface area contributed by atoms with Crippen LogP contribution in [0.15, 0.2) is 36.5 Å². The number of phosphoric ester groups is 1. The number of phosphoric acid groups is 1. The maximum absolute atomic E-state index is 13.0. The van der Waals surface area contributed by atoms with Gasteiger partial charge in [-0.1, -0.05) is 262 Å². The highest BCUT2D eigenvalue weighted by atomic mass is 31.2. The lowest BCUT2D eigenvalue weighted by Crippen LogP contribution is -2.45. The SMILES string of the molecule is CCCCCCCCCCCCC/C=C\CCCCCCCCCC(=O)NC(COP(=O)(O)OCC[N+](C)(C)C)C(O)/C=C/CC/C=C/CCCCCCCCCCCCCCCCCCCCC. The van der Waals surface area contributed by atoms with Crippen molar-refractivity contribution in [3.63, 3.8) is 0 Å². The lowest BCUT2D eigenvalue weighted by molar-refractivity contribution is -0.870. The molecule has 0 spiro atoms. The van der Waals surface area contributed by atoms with E-state index in [1.165, 1.54) is 231 Å². The molecule has 0 fully saturated rings. The minimum atomic E-state index is -4.36.